The highest BCUT2D eigenvalue weighted by molar-refractivity contribution is 7.92. The number of phenolic OH excluding ortho intramolecular Hbond substituents is 1. The van der Waals surface area contributed by atoms with Crippen molar-refractivity contribution in [2.45, 2.75) is 6.54 Å². The summed E-state index contributed by atoms with van der Waals surface area (Å²) in [4.78, 5) is 0. The summed E-state index contributed by atoms with van der Waals surface area (Å²) in [5, 5.41) is 12.2. The van der Waals surface area contributed by atoms with E-state index in [1.807, 2.05) is 0 Å². The third-order valence-corrected chi connectivity index (χ3v) is 3.29. The van der Waals surface area contributed by atoms with Gasteiger partial charge in [-0.25, -0.2) is 12.8 Å². The standard InChI is InChI=1S/C14H15FN2O3S/c1-21(19,20)17-14-8-11(4-7-13(14)15)16-9-10-2-5-12(18)6-3-10/h2-8,16-18H,9H2,1H3. The lowest BCUT2D eigenvalue weighted by Gasteiger charge is -2.10. The summed E-state index contributed by atoms with van der Waals surface area (Å²) in [6.45, 7) is 0.463. The van der Waals surface area contributed by atoms with Crippen LogP contribution in [-0.4, -0.2) is 19.8 Å². The van der Waals surface area contributed by atoms with Gasteiger partial charge in [0.2, 0.25) is 10.0 Å². The van der Waals surface area contributed by atoms with Crippen molar-refractivity contribution in [3.05, 3.63) is 53.8 Å². The van der Waals surface area contributed by atoms with E-state index >= 15 is 0 Å². The molecule has 0 amide bonds. The molecule has 0 aromatic heterocycles. The largest absolute Gasteiger partial charge is 0.508 e. The molecule has 3 N–H and O–H groups in total. The minimum atomic E-state index is -3.53. The number of hydrogen-bond donors (Lipinski definition) is 3. The normalized spacial score (nSPS) is 11.1. The number of nitrogens with one attached hydrogen (secondary N) is 2. The number of rotatable bonds is 5. The zero-order valence-electron chi connectivity index (χ0n) is 11.3. The van der Waals surface area contributed by atoms with Gasteiger partial charge in [-0.3, -0.25) is 4.72 Å². The molecule has 0 heterocycles. The Morgan fingerprint density at radius 2 is 1.81 bits per heavy atom. The average Bonchev–Trinajstić information content (AvgIpc) is 2.40. The number of benzene rings is 2. The van der Waals surface area contributed by atoms with E-state index in [0.717, 1.165) is 11.8 Å². The van der Waals surface area contributed by atoms with Gasteiger partial charge in [0.15, 0.2) is 0 Å². The van der Waals surface area contributed by atoms with Crippen LogP contribution < -0.4 is 10.0 Å². The highest BCUT2D eigenvalue weighted by atomic mass is 32.2. The van der Waals surface area contributed by atoms with Gasteiger partial charge in [-0.05, 0) is 35.9 Å². The van der Waals surface area contributed by atoms with Crippen LogP contribution in [-0.2, 0) is 16.6 Å². The molecule has 0 saturated carbocycles. The van der Waals surface area contributed by atoms with E-state index in [1.54, 1.807) is 24.3 Å². The van der Waals surface area contributed by atoms with Gasteiger partial charge in [0.1, 0.15) is 11.6 Å². The summed E-state index contributed by atoms with van der Waals surface area (Å²) < 4.78 is 38.0. The number of hydrogen-bond acceptors (Lipinski definition) is 4. The molecule has 0 spiro atoms. The summed E-state index contributed by atoms with van der Waals surface area (Å²) in [7, 11) is -3.53. The predicted octanol–water partition coefficient (Wildman–Crippen LogP) is 2.51. The summed E-state index contributed by atoms with van der Waals surface area (Å²) >= 11 is 0. The minimum absolute atomic E-state index is 0.104. The lowest BCUT2D eigenvalue weighted by atomic mass is 10.2. The third-order valence-electron chi connectivity index (χ3n) is 2.69. The van der Waals surface area contributed by atoms with Crippen LogP contribution in [0.3, 0.4) is 0 Å². The quantitative estimate of drug-likeness (QED) is 0.793. The molecule has 21 heavy (non-hydrogen) atoms. The lowest BCUT2D eigenvalue weighted by molar-refractivity contribution is 0.475. The number of phenols is 1. The maximum atomic E-state index is 13.5. The van der Waals surface area contributed by atoms with E-state index in [9.17, 15) is 17.9 Å². The molecule has 0 unspecified atom stereocenters. The predicted molar refractivity (Wildman–Crippen MR) is 80.3 cm³/mol. The molecule has 0 aliphatic rings. The van der Waals surface area contributed by atoms with Crippen LogP contribution in [0.1, 0.15) is 5.56 Å². The molecule has 2 rings (SSSR count). The van der Waals surface area contributed by atoms with Crippen molar-refractivity contribution in [1.29, 1.82) is 0 Å². The van der Waals surface area contributed by atoms with Crippen molar-refractivity contribution in [1.82, 2.24) is 0 Å². The fourth-order valence-electron chi connectivity index (χ4n) is 1.73. The van der Waals surface area contributed by atoms with Crippen molar-refractivity contribution in [3.63, 3.8) is 0 Å². The number of halogens is 1. The molecular formula is C14H15FN2O3S. The van der Waals surface area contributed by atoms with Gasteiger partial charge in [0, 0.05) is 12.2 Å². The van der Waals surface area contributed by atoms with Gasteiger partial charge in [0.05, 0.1) is 11.9 Å². The van der Waals surface area contributed by atoms with E-state index in [4.69, 9.17) is 0 Å². The Morgan fingerprint density at radius 3 is 2.43 bits per heavy atom. The first-order chi connectivity index (χ1) is 9.83. The van der Waals surface area contributed by atoms with Crippen LogP contribution in [0, 0.1) is 5.82 Å². The molecule has 112 valence electrons. The molecule has 0 aliphatic carbocycles. The van der Waals surface area contributed by atoms with Crippen molar-refractivity contribution >= 4 is 21.4 Å². The second-order valence-electron chi connectivity index (χ2n) is 4.59. The molecule has 5 nitrogen and oxygen atoms in total. The second-order valence-corrected chi connectivity index (χ2v) is 6.34. The van der Waals surface area contributed by atoms with E-state index in [1.165, 1.54) is 18.2 Å². The van der Waals surface area contributed by atoms with Crippen LogP contribution >= 0.6 is 0 Å². The van der Waals surface area contributed by atoms with Crippen LogP contribution in [0.5, 0.6) is 5.75 Å². The Hall–Kier alpha value is -2.28. The van der Waals surface area contributed by atoms with Crippen LogP contribution in [0.15, 0.2) is 42.5 Å². The van der Waals surface area contributed by atoms with E-state index in [0.29, 0.717) is 12.2 Å². The van der Waals surface area contributed by atoms with Crippen LogP contribution in [0.2, 0.25) is 0 Å². The molecule has 0 atom stereocenters. The monoisotopic (exact) mass is 310 g/mol. The van der Waals surface area contributed by atoms with Crippen molar-refractivity contribution in [3.8, 4) is 5.75 Å². The van der Waals surface area contributed by atoms with E-state index < -0.39 is 15.8 Å². The average molecular weight is 310 g/mol. The first-order valence-corrected chi connectivity index (χ1v) is 8.02. The van der Waals surface area contributed by atoms with Crippen molar-refractivity contribution in [2.75, 3.05) is 16.3 Å². The number of aromatic hydroxyl groups is 1. The molecule has 0 fully saturated rings. The van der Waals surface area contributed by atoms with Crippen molar-refractivity contribution in [2.24, 2.45) is 0 Å². The fraction of sp³-hybridized carbons (Fsp3) is 0.143. The summed E-state index contributed by atoms with van der Waals surface area (Å²) in [5.41, 5.74) is 1.40. The highest BCUT2D eigenvalue weighted by Crippen LogP contribution is 2.21. The molecule has 0 aliphatic heterocycles. The Kier molecular flexibility index (Phi) is 4.32. The Morgan fingerprint density at radius 1 is 1.14 bits per heavy atom. The lowest BCUT2D eigenvalue weighted by Crippen LogP contribution is -2.11. The zero-order valence-corrected chi connectivity index (χ0v) is 12.1. The Bertz CT molecular complexity index is 730. The first kappa shape index (κ1) is 15.1. The molecule has 0 bridgehead atoms. The fourth-order valence-corrected chi connectivity index (χ4v) is 2.29. The van der Waals surface area contributed by atoms with Gasteiger partial charge in [0.25, 0.3) is 0 Å². The third kappa shape index (κ3) is 4.64. The highest BCUT2D eigenvalue weighted by Gasteiger charge is 2.08. The molecule has 0 radical (unpaired) electrons. The van der Waals surface area contributed by atoms with Gasteiger partial charge < -0.3 is 10.4 Å². The van der Waals surface area contributed by atoms with Gasteiger partial charge in [-0.1, -0.05) is 12.1 Å². The van der Waals surface area contributed by atoms with Crippen molar-refractivity contribution < 1.29 is 17.9 Å². The van der Waals surface area contributed by atoms with Crippen LogP contribution in [0.25, 0.3) is 0 Å². The number of anilines is 2. The molecule has 7 heteroatoms. The summed E-state index contributed by atoms with van der Waals surface area (Å²) in [6.07, 6.45) is 0.961. The Balaban J connectivity index is 2.10. The molecule has 0 saturated heterocycles. The van der Waals surface area contributed by atoms with E-state index in [2.05, 4.69) is 10.0 Å². The van der Waals surface area contributed by atoms with Gasteiger partial charge in [-0.2, -0.15) is 0 Å². The maximum absolute atomic E-state index is 13.5. The zero-order chi connectivity index (χ0) is 15.5. The maximum Gasteiger partial charge on any atom is 0.229 e. The Labute approximate surface area is 122 Å². The second kappa shape index (κ2) is 6.01. The smallest absolute Gasteiger partial charge is 0.229 e. The van der Waals surface area contributed by atoms with Crippen LogP contribution in [0.4, 0.5) is 15.8 Å². The molecule has 2 aromatic rings. The molecular weight excluding hydrogens is 295 g/mol. The SMILES string of the molecule is CS(=O)(=O)Nc1cc(NCc2ccc(O)cc2)ccc1F. The summed E-state index contributed by atoms with van der Waals surface area (Å²) in [6, 6.07) is 10.7. The summed E-state index contributed by atoms with van der Waals surface area (Å²) in [5.74, 6) is -0.462. The minimum Gasteiger partial charge on any atom is -0.508 e. The topological polar surface area (TPSA) is 78.4 Å². The van der Waals surface area contributed by atoms with Gasteiger partial charge >= 0.3 is 0 Å². The number of sulfonamides is 1. The first-order valence-electron chi connectivity index (χ1n) is 6.12. The van der Waals surface area contributed by atoms with E-state index in [-0.39, 0.29) is 11.4 Å². The van der Waals surface area contributed by atoms with Gasteiger partial charge in [-0.15, -0.1) is 0 Å². The molecule has 2 aromatic carbocycles.